The number of hydrogen-bond donors (Lipinski definition) is 2. The molecule has 5 nitrogen and oxygen atoms in total. The number of pyridine rings is 1. The maximum atomic E-state index is 12.2. The predicted molar refractivity (Wildman–Crippen MR) is 102 cm³/mol. The molecule has 0 spiro atoms. The highest BCUT2D eigenvalue weighted by molar-refractivity contribution is 9.10. The average Bonchev–Trinajstić information content (AvgIpc) is 3.17. The summed E-state index contributed by atoms with van der Waals surface area (Å²) < 4.78 is 0.847. The summed E-state index contributed by atoms with van der Waals surface area (Å²) in [5, 5.41) is 7.45. The van der Waals surface area contributed by atoms with Crippen molar-refractivity contribution in [2.45, 2.75) is 6.54 Å². The molecule has 2 heterocycles. The molecule has 1 aromatic carbocycles. The first-order valence-corrected chi connectivity index (χ1v) is 9.12. The highest BCUT2D eigenvalue weighted by Crippen LogP contribution is 2.13. The van der Waals surface area contributed by atoms with Crippen LogP contribution in [-0.4, -0.2) is 16.8 Å². The van der Waals surface area contributed by atoms with E-state index in [4.69, 9.17) is 0 Å². The van der Waals surface area contributed by atoms with E-state index in [1.54, 1.807) is 30.5 Å². The van der Waals surface area contributed by atoms with Crippen LogP contribution in [-0.2, 0) is 6.54 Å². The molecule has 0 aliphatic rings. The summed E-state index contributed by atoms with van der Waals surface area (Å²) in [7, 11) is 0. The van der Waals surface area contributed by atoms with Gasteiger partial charge in [0.05, 0.1) is 4.88 Å². The Balaban J connectivity index is 1.57. The van der Waals surface area contributed by atoms with Crippen LogP contribution in [0.15, 0.2) is 64.6 Å². The van der Waals surface area contributed by atoms with Crippen LogP contribution < -0.4 is 10.6 Å². The van der Waals surface area contributed by atoms with Gasteiger partial charge in [0.25, 0.3) is 11.8 Å². The van der Waals surface area contributed by atoms with E-state index in [9.17, 15) is 9.59 Å². The second-order valence-electron chi connectivity index (χ2n) is 5.17. The lowest BCUT2D eigenvalue weighted by atomic mass is 10.1. The maximum Gasteiger partial charge on any atom is 0.261 e. The second-order valence-corrected chi connectivity index (χ2v) is 7.04. The second kappa shape index (κ2) is 8.04. The Morgan fingerprint density at radius 3 is 2.48 bits per heavy atom. The van der Waals surface area contributed by atoms with E-state index in [-0.39, 0.29) is 11.8 Å². The first kappa shape index (κ1) is 17.3. The van der Waals surface area contributed by atoms with Crippen molar-refractivity contribution in [1.29, 1.82) is 0 Å². The summed E-state index contributed by atoms with van der Waals surface area (Å²) in [4.78, 5) is 28.9. The summed E-state index contributed by atoms with van der Waals surface area (Å²) in [6, 6.07) is 14.2. The largest absolute Gasteiger partial charge is 0.347 e. The molecule has 2 N–H and O–H groups in total. The van der Waals surface area contributed by atoms with Crippen molar-refractivity contribution in [1.82, 2.24) is 10.3 Å². The Hall–Kier alpha value is -2.51. The minimum atomic E-state index is -0.232. The Bertz CT molecular complexity index is 862. The van der Waals surface area contributed by atoms with Crippen LogP contribution >= 0.6 is 27.3 Å². The number of nitrogens with one attached hydrogen (secondary N) is 2. The Labute approximate surface area is 157 Å². The number of carbonyl (C=O) groups is 2. The number of nitrogens with zero attached hydrogens (tertiary/aromatic N) is 1. The number of hydrogen-bond acceptors (Lipinski definition) is 4. The number of carbonyl (C=O) groups excluding carboxylic acids is 2. The molecule has 3 aromatic rings. The van der Waals surface area contributed by atoms with E-state index in [1.807, 2.05) is 29.6 Å². The van der Waals surface area contributed by atoms with Crippen molar-refractivity contribution in [2.24, 2.45) is 0 Å². The summed E-state index contributed by atoms with van der Waals surface area (Å²) in [5.74, 6) is 0.155. The predicted octanol–water partition coefficient (Wildman–Crippen LogP) is 4.09. The third-order valence-electron chi connectivity index (χ3n) is 3.38. The van der Waals surface area contributed by atoms with Gasteiger partial charge in [-0.1, -0.05) is 18.2 Å². The van der Waals surface area contributed by atoms with Gasteiger partial charge in [0.1, 0.15) is 5.82 Å². The molecule has 0 saturated carbocycles. The first-order chi connectivity index (χ1) is 12.1. The van der Waals surface area contributed by atoms with E-state index in [0.29, 0.717) is 22.8 Å². The van der Waals surface area contributed by atoms with Gasteiger partial charge in [-0.15, -0.1) is 11.3 Å². The van der Waals surface area contributed by atoms with Gasteiger partial charge in [0, 0.05) is 22.8 Å². The van der Waals surface area contributed by atoms with Gasteiger partial charge in [-0.25, -0.2) is 4.98 Å². The van der Waals surface area contributed by atoms with Crippen molar-refractivity contribution >= 4 is 44.9 Å². The molecule has 126 valence electrons. The van der Waals surface area contributed by atoms with Crippen LogP contribution in [0.4, 0.5) is 5.82 Å². The smallest absolute Gasteiger partial charge is 0.261 e. The van der Waals surface area contributed by atoms with Gasteiger partial charge in [0.2, 0.25) is 0 Å². The molecule has 7 heteroatoms. The SMILES string of the molecule is O=C(Nc1ccc(Br)cn1)c1ccc(CNC(=O)c2cccs2)cc1. The zero-order valence-corrected chi connectivity index (χ0v) is 15.4. The molecular weight excluding hydrogens is 402 g/mol. The fourth-order valence-corrected chi connectivity index (χ4v) is 2.96. The first-order valence-electron chi connectivity index (χ1n) is 7.45. The number of amides is 2. The molecule has 0 unspecified atom stereocenters. The summed E-state index contributed by atoms with van der Waals surface area (Å²) >= 11 is 4.70. The molecule has 25 heavy (non-hydrogen) atoms. The van der Waals surface area contributed by atoms with E-state index >= 15 is 0 Å². The molecule has 0 fully saturated rings. The van der Waals surface area contributed by atoms with Crippen molar-refractivity contribution < 1.29 is 9.59 Å². The topological polar surface area (TPSA) is 71.1 Å². The molecular formula is C18H14BrN3O2S. The normalized spacial score (nSPS) is 10.3. The van der Waals surface area contributed by atoms with Gasteiger partial charge < -0.3 is 10.6 Å². The Kier molecular flexibility index (Phi) is 5.57. The fraction of sp³-hybridized carbons (Fsp3) is 0.0556. The van der Waals surface area contributed by atoms with Crippen LogP contribution in [0.5, 0.6) is 0 Å². The Morgan fingerprint density at radius 2 is 1.84 bits per heavy atom. The van der Waals surface area contributed by atoms with Crippen molar-refractivity contribution in [3.63, 3.8) is 0 Å². The van der Waals surface area contributed by atoms with Crippen LogP contribution in [0.2, 0.25) is 0 Å². The van der Waals surface area contributed by atoms with E-state index < -0.39 is 0 Å². The molecule has 2 amide bonds. The number of benzene rings is 1. The van der Waals surface area contributed by atoms with Crippen molar-refractivity contribution in [3.05, 3.63) is 80.6 Å². The number of halogens is 1. The third-order valence-corrected chi connectivity index (χ3v) is 4.72. The zero-order valence-electron chi connectivity index (χ0n) is 13.0. The minimum absolute atomic E-state index is 0.0990. The summed E-state index contributed by atoms with van der Waals surface area (Å²) in [6.07, 6.45) is 1.62. The lowest BCUT2D eigenvalue weighted by molar-refractivity contribution is 0.0953. The van der Waals surface area contributed by atoms with Gasteiger partial charge in [0.15, 0.2) is 0 Å². The highest BCUT2D eigenvalue weighted by atomic mass is 79.9. The van der Waals surface area contributed by atoms with E-state index in [2.05, 4.69) is 31.5 Å². The van der Waals surface area contributed by atoms with Crippen LogP contribution in [0.25, 0.3) is 0 Å². The third kappa shape index (κ3) is 4.74. The van der Waals surface area contributed by atoms with E-state index in [0.717, 1.165) is 10.0 Å². The molecule has 0 atom stereocenters. The van der Waals surface area contributed by atoms with Crippen molar-refractivity contribution in [2.75, 3.05) is 5.32 Å². The molecule has 0 saturated heterocycles. The monoisotopic (exact) mass is 415 g/mol. The maximum absolute atomic E-state index is 12.2. The number of thiophene rings is 1. The van der Waals surface area contributed by atoms with Gasteiger partial charge in [-0.05, 0) is 57.2 Å². The quantitative estimate of drug-likeness (QED) is 0.658. The summed E-state index contributed by atoms with van der Waals surface area (Å²) in [6.45, 7) is 0.410. The van der Waals surface area contributed by atoms with Crippen molar-refractivity contribution in [3.8, 4) is 0 Å². The molecule has 0 radical (unpaired) electrons. The molecule has 0 aliphatic heterocycles. The minimum Gasteiger partial charge on any atom is -0.347 e. The molecule has 2 aromatic heterocycles. The van der Waals surface area contributed by atoms with Gasteiger partial charge >= 0.3 is 0 Å². The number of anilines is 1. The average molecular weight is 416 g/mol. The molecule has 3 rings (SSSR count). The lowest BCUT2D eigenvalue weighted by Crippen LogP contribution is -2.21. The fourth-order valence-electron chi connectivity index (χ4n) is 2.09. The number of aromatic nitrogens is 1. The molecule has 0 aliphatic carbocycles. The Morgan fingerprint density at radius 1 is 1.04 bits per heavy atom. The van der Waals surface area contributed by atoms with Crippen LogP contribution in [0.1, 0.15) is 25.6 Å². The van der Waals surface area contributed by atoms with Gasteiger partial charge in [-0.2, -0.15) is 0 Å². The highest BCUT2D eigenvalue weighted by Gasteiger charge is 2.08. The van der Waals surface area contributed by atoms with Crippen LogP contribution in [0.3, 0.4) is 0 Å². The lowest BCUT2D eigenvalue weighted by Gasteiger charge is -2.07. The van der Waals surface area contributed by atoms with Crippen LogP contribution in [0, 0.1) is 0 Å². The standard InChI is InChI=1S/C18H14BrN3O2S/c19-14-7-8-16(20-11-14)22-17(23)13-5-3-12(4-6-13)10-21-18(24)15-2-1-9-25-15/h1-9,11H,10H2,(H,21,24)(H,20,22,23). The number of rotatable bonds is 5. The zero-order chi connectivity index (χ0) is 17.6. The summed E-state index contributed by atoms with van der Waals surface area (Å²) in [5.41, 5.74) is 1.45. The van der Waals surface area contributed by atoms with Gasteiger partial charge in [-0.3, -0.25) is 9.59 Å². The van der Waals surface area contributed by atoms with E-state index in [1.165, 1.54) is 11.3 Å². The molecule has 0 bridgehead atoms.